The number of aromatic nitrogens is 3. The zero-order valence-electron chi connectivity index (χ0n) is 15.7. The van der Waals surface area contributed by atoms with Crippen molar-refractivity contribution in [2.45, 2.75) is 26.1 Å². The quantitative estimate of drug-likeness (QED) is 0.450. The zero-order chi connectivity index (χ0) is 19.2. The molecule has 0 atom stereocenters. The maximum absolute atomic E-state index is 14.2. The number of para-hydroxylation sites is 1. The first-order valence-corrected chi connectivity index (χ1v) is 9.54. The first kappa shape index (κ1) is 18.3. The van der Waals surface area contributed by atoms with Gasteiger partial charge in [0.1, 0.15) is 5.82 Å². The van der Waals surface area contributed by atoms with Crippen molar-refractivity contribution in [1.29, 1.82) is 0 Å². The molecule has 0 saturated heterocycles. The van der Waals surface area contributed by atoms with Gasteiger partial charge in [-0.05, 0) is 30.2 Å². The van der Waals surface area contributed by atoms with E-state index in [9.17, 15) is 4.39 Å². The highest BCUT2D eigenvalue weighted by Gasteiger charge is 2.12. The Hall–Kier alpha value is -3.05. The predicted molar refractivity (Wildman–Crippen MR) is 109 cm³/mol. The van der Waals surface area contributed by atoms with Crippen LogP contribution < -0.4 is 0 Å². The van der Waals surface area contributed by atoms with Crippen LogP contribution >= 0.6 is 0 Å². The third kappa shape index (κ3) is 4.43. The van der Waals surface area contributed by atoms with Gasteiger partial charge in [-0.3, -0.25) is 9.88 Å². The van der Waals surface area contributed by atoms with Crippen LogP contribution in [0.25, 0.3) is 10.9 Å². The first-order chi connectivity index (χ1) is 13.8. The number of hydrogen-bond donors (Lipinski definition) is 0. The Bertz CT molecular complexity index is 1020. The number of imidazole rings is 1. The van der Waals surface area contributed by atoms with Crippen molar-refractivity contribution in [2.75, 3.05) is 6.54 Å². The van der Waals surface area contributed by atoms with Crippen molar-refractivity contribution in [3.8, 4) is 0 Å². The van der Waals surface area contributed by atoms with Crippen LogP contribution in [0.15, 0.2) is 79.5 Å². The monoisotopic (exact) mass is 374 g/mol. The van der Waals surface area contributed by atoms with Crippen molar-refractivity contribution >= 4 is 10.9 Å². The minimum absolute atomic E-state index is 0.151. The molecule has 0 unspecified atom stereocenters. The van der Waals surface area contributed by atoms with Gasteiger partial charge in [0.15, 0.2) is 0 Å². The topological polar surface area (TPSA) is 34.0 Å². The molecule has 0 bridgehead atoms. The highest BCUT2D eigenvalue weighted by Crippen LogP contribution is 2.20. The lowest BCUT2D eigenvalue weighted by atomic mass is 10.1. The Labute approximate surface area is 164 Å². The van der Waals surface area contributed by atoms with Crippen molar-refractivity contribution < 1.29 is 4.39 Å². The number of hydrogen-bond acceptors (Lipinski definition) is 3. The van der Waals surface area contributed by atoms with Crippen molar-refractivity contribution in [2.24, 2.45) is 0 Å². The van der Waals surface area contributed by atoms with Gasteiger partial charge in [-0.15, -0.1) is 0 Å². The summed E-state index contributed by atoms with van der Waals surface area (Å²) < 4.78 is 16.3. The van der Waals surface area contributed by atoms with Crippen LogP contribution in [0.2, 0.25) is 0 Å². The van der Waals surface area contributed by atoms with Gasteiger partial charge in [-0.25, -0.2) is 9.37 Å². The molecule has 0 aliphatic carbocycles. The Morgan fingerprint density at radius 3 is 2.57 bits per heavy atom. The summed E-state index contributed by atoms with van der Waals surface area (Å²) >= 11 is 0. The molecule has 2 aromatic carbocycles. The van der Waals surface area contributed by atoms with Gasteiger partial charge < -0.3 is 4.57 Å². The van der Waals surface area contributed by atoms with Crippen LogP contribution in [0.5, 0.6) is 0 Å². The number of benzene rings is 2. The summed E-state index contributed by atoms with van der Waals surface area (Å²) in [6, 6.07) is 17.2. The van der Waals surface area contributed by atoms with Crippen molar-refractivity contribution in [1.82, 2.24) is 19.4 Å². The molecule has 0 spiro atoms. The minimum atomic E-state index is -0.151. The summed E-state index contributed by atoms with van der Waals surface area (Å²) in [5, 5.41) is 1.15. The SMILES string of the molecule is Fc1ccccc1CN(CCCn1ccnc1)Cc1ccnc2ccccc12. The number of fused-ring (bicyclic) bond motifs is 1. The lowest BCUT2D eigenvalue weighted by Crippen LogP contribution is -2.25. The van der Waals surface area contributed by atoms with E-state index in [2.05, 4.69) is 31.6 Å². The second kappa shape index (κ2) is 8.76. The van der Waals surface area contributed by atoms with Gasteiger partial charge in [-0.1, -0.05) is 36.4 Å². The molecule has 0 fully saturated rings. The van der Waals surface area contributed by atoms with Gasteiger partial charge in [0, 0.05) is 55.7 Å². The molecule has 2 heterocycles. The van der Waals surface area contributed by atoms with E-state index in [0.717, 1.165) is 42.5 Å². The van der Waals surface area contributed by atoms with Crippen LogP contribution in [0.1, 0.15) is 17.5 Å². The Balaban J connectivity index is 1.53. The lowest BCUT2D eigenvalue weighted by molar-refractivity contribution is 0.246. The number of nitrogens with zero attached hydrogens (tertiary/aromatic N) is 4. The van der Waals surface area contributed by atoms with E-state index < -0.39 is 0 Å². The second-order valence-corrected chi connectivity index (χ2v) is 6.94. The van der Waals surface area contributed by atoms with Gasteiger partial charge in [0.2, 0.25) is 0 Å². The van der Waals surface area contributed by atoms with Gasteiger partial charge in [-0.2, -0.15) is 0 Å². The third-order valence-corrected chi connectivity index (χ3v) is 4.93. The van der Waals surface area contributed by atoms with Gasteiger partial charge >= 0.3 is 0 Å². The molecule has 5 heteroatoms. The molecule has 0 aliphatic rings. The molecule has 0 aliphatic heterocycles. The molecular weight excluding hydrogens is 351 g/mol. The van der Waals surface area contributed by atoms with E-state index in [1.165, 1.54) is 11.6 Å². The maximum atomic E-state index is 14.2. The fourth-order valence-electron chi connectivity index (χ4n) is 3.51. The number of aryl methyl sites for hydroxylation is 1. The fourth-order valence-corrected chi connectivity index (χ4v) is 3.51. The number of halogens is 1. The van der Waals surface area contributed by atoms with Crippen LogP contribution in [-0.2, 0) is 19.6 Å². The number of pyridine rings is 1. The van der Waals surface area contributed by atoms with Crippen LogP contribution in [-0.4, -0.2) is 26.0 Å². The van der Waals surface area contributed by atoms with Crippen molar-refractivity contribution in [3.05, 3.63) is 96.5 Å². The van der Waals surface area contributed by atoms with E-state index in [1.807, 2.05) is 49.1 Å². The molecule has 2 aromatic heterocycles. The maximum Gasteiger partial charge on any atom is 0.127 e. The molecule has 0 saturated carbocycles. The highest BCUT2D eigenvalue weighted by molar-refractivity contribution is 5.81. The second-order valence-electron chi connectivity index (χ2n) is 6.94. The largest absolute Gasteiger partial charge is 0.337 e. The fraction of sp³-hybridized carbons (Fsp3) is 0.217. The highest BCUT2D eigenvalue weighted by atomic mass is 19.1. The zero-order valence-corrected chi connectivity index (χ0v) is 15.7. The summed E-state index contributed by atoms with van der Waals surface area (Å²) in [6.45, 7) is 3.09. The summed E-state index contributed by atoms with van der Waals surface area (Å²) in [4.78, 5) is 10.9. The predicted octanol–water partition coefficient (Wildman–Crippen LogP) is 4.66. The molecule has 0 N–H and O–H groups in total. The van der Waals surface area contributed by atoms with Gasteiger partial charge in [0.25, 0.3) is 0 Å². The Morgan fingerprint density at radius 2 is 1.71 bits per heavy atom. The van der Waals surface area contributed by atoms with E-state index in [0.29, 0.717) is 6.54 Å². The first-order valence-electron chi connectivity index (χ1n) is 9.54. The van der Waals surface area contributed by atoms with Crippen LogP contribution in [0, 0.1) is 5.82 Å². The summed E-state index contributed by atoms with van der Waals surface area (Å²) in [5.41, 5.74) is 2.93. The standard InChI is InChI=1S/C23H23FN4/c24-22-8-3-1-6-20(22)17-28(14-5-13-27-15-12-25-18-27)16-19-10-11-26-23-9-4-2-7-21(19)23/h1-4,6-12,15,18H,5,13-14,16-17H2. The van der Waals surface area contributed by atoms with Crippen LogP contribution in [0.4, 0.5) is 4.39 Å². The van der Waals surface area contributed by atoms with E-state index >= 15 is 0 Å². The summed E-state index contributed by atoms with van der Waals surface area (Å²) in [5.74, 6) is -0.151. The molecule has 0 radical (unpaired) electrons. The van der Waals surface area contributed by atoms with Gasteiger partial charge in [0.05, 0.1) is 11.8 Å². The Morgan fingerprint density at radius 1 is 0.893 bits per heavy atom. The molecule has 4 rings (SSSR count). The normalized spacial score (nSPS) is 11.4. The van der Waals surface area contributed by atoms with Crippen molar-refractivity contribution in [3.63, 3.8) is 0 Å². The third-order valence-electron chi connectivity index (χ3n) is 4.93. The lowest BCUT2D eigenvalue weighted by Gasteiger charge is -2.23. The number of rotatable bonds is 8. The average molecular weight is 374 g/mol. The Kier molecular flexibility index (Phi) is 5.73. The molecule has 142 valence electrons. The molecule has 4 aromatic rings. The van der Waals surface area contributed by atoms with E-state index in [-0.39, 0.29) is 5.82 Å². The molecule has 4 nitrogen and oxygen atoms in total. The molecule has 28 heavy (non-hydrogen) atoms. The van der Waals surface area contributed by atoms with Crippen LogP contribution in [0.3, 0.4) is 0 Å². The van der Waals surface area contributed by atoms with E-state index in [4.69, 9.17) is 0 Å². The van der Waals surface area contributed by atoms with E-state index in [1.54, 1.807) is 12.3 Å². The molecule has 0 amide bonds. The summed E-state index contributed by atoms with van der Waals surface area (Å²) in [6.07, 6.45) is 8.41. The molecular formula is C23H23FN4. The summed E-state index contributed by atoms with van der Waals surface area (Å²) in [7, 11) is 0. The smallest absolute Gasteiger partial charge is 0.127 e. The minimum Gasteiger partial charge on any atom is -0.337 e. The average Bonchev–Trinajstić information content (AvgIpc) is 3.23.